The zero-order valence-electron chi connectivity index (χ0n) is 17.0. The molecular weight excluding hydrogens is 378 g/mol. The van der Waals surface area contributed by atoms with Crippen LogP contribution in [0.4, 0.5) is 5.69 Å². The van der Waals surface area contributed by atoms with Crippen LogP contribution < -0.4 is 5.32 Å². The number of hydrogen-bond donors (Lipinski definition) is 1. The lowest BCUT2D eigenvalue weighted by Gasteiger charge is -2.22. The summed E-state index contributed by atoms with van der Waals surface area (Å²) >= 11 is 0. The van der Waals surface area contributed by atoms with E-state index in [0.717, 1.165) is 35.9 Å². The molecule has 1 aliphatic heterocycles. The molecule has 1 aromatic carbocycles. The van der Waals surface area contributed by atoms with Crippen molar-refractivity contribution >= 4 is 27.3 Å². The molecule has 0 aromatic heterocycles. The highest BCUT2D eigenvalue weighted by Crippen LogP contribution is 2.22. The van der Waals surface area contributed by atoms with Gasteiger partial charge in [0.05, 0.1) is 6.54 Å². The van der Waals surface area contributed by atoms with Crippen LogP contribution in [0.25, 0.3) is 0 Å². The van der Waals surface area contributed by atoms with Gasteiger partial charge in [0, 0.05) is 38.1 Å². The molecule has 1 aromatic rings. The Bertz CT molecular complexity index is 785. The Kier molecular flexibility index (Phi) is 8.00. The number of aryl methyl sites for hydroxylation is 2. The van der Waals surface area contributed by atoms with Gasteiger partial charge in [0.1, 0.15) is 5.75 Å². The molecule has 28 heavy (non-hydrogen) atoms. The first-order valence-electron chi connectivity index (χ1n) is 9.82. The van der Waals surface area contributed by atoms with Crippen LogP contribution >= 0.6 is 0 Å². The lowest BCUT2D eigenvalue weighted by molar-refractivity contribution is -0.128. The summed E-state index contributed by atoms with van der Waals surface area (Å²) in [6.07, 6.45) is 3.49. The molecule has 0 atom stereocenters. The van der Waals surface area contributed by atoms with E-state index in [-0.39, 0.29) is 18.4 Å². The van der Waals surface area contributed by atoms with E-state index >= 15 is 0 Å². The highest BCUT2D eigenvalue weighted by Gasteiger charge is 2.23. The zero-order chi connectivity index (χ0) is 20.7. The maximum atomic E-state index is 12.6. The standard InChI is InChI=1S/C20H31N3O4S/c1-4-16-8-6-9-17(5-2)20(16)21-18(24)14-22-10-7-11-23(13-12-22)19(25)15-28(3,26)27/h6,8-9H,4-5,7,10-15H2,1-3H3,(H,21,24). The number of hydrogen-bond acceptors (Lipinski definition) is 5. The van der Waals surface area contributed by atoms with E-state index in [1.807, 2.05) is 23.1 Å². The number of para-hydroxylation sites is 1. The van der Waals surface area contributed by atoms with Gasteiger partial charge in [-0.15, -0.1) is 0 Å². The molecule has 8 heteroatoms. The fraction of sp³-hybridized carbons (Fsp3) is 0.600. The minimum absolute atomic E-state index is 0.0634. The molecule has 2 rings (SSSR count). The van der Waals surface area contributed by atoms with Crippen molar-refractivity contribution in [3.05, 3.63) is 29.3 Å². The van der Waals surface area contributed by atoms with Gasteiger partial charge in [-0.25, -0.2) is 8.42 Å². The van der Waals surface area contributed by atoms with Gasteiger partial charge in [0.25, 0.3) is 0 Å². The van der Waals surface area contributed by atoms with Gasteiger partial charge >= 0.3 is 0 Å². The quantitative estimate of drug-likeness (QED) is 0.734. The Morgan fingerprint density at radius 1 is 1.04 bits per heavy atom. The second kappa shape index (κ2) is 10.0. The molecule has 0 unspecified atom stereocenters. The maximum absolute atomic E-state index is 12.6. The van der Waals surface area contributed by atoms with E-state index in [9.17, 15) is 18.0 Å². The van der Waals surface area contributed by atoms with E-state index < -0.39 is 15.6 Å². The monoisotopic (exact) mass is 409 g/mol. The number of nitrogens with one attached hydrogen (secondary N) is 1. The van der Waals surface area contributed by atoms with Crippen LogP contribution in [0, 0.1) is 0 Å². The zero-order valence-corrected chi connectivity index (χ0v) is 17.8. The molecule has 1 heterocycles. The van der Waals surface area contributed by atoms with Crippen molar-refractivity contribution in [3.8, 4) is 0 Å². The van der Waals surface area contributed by atoms with E-state index in [4.69, 9.17) is 0 Å². The summed E-state index contributed by atoms with van der Waals surface area (Å²) in [5, 5.41) is 3.07. The predicted octanol–water partition coefficient (Wildman–Crippen LogP) is 1.33. The average Bonchev–Trinajstić information content (AvgIpc) is 2.86. The summed E-state index contributed by atoms with van der Waals surface area (Å²) in [7, 11) is -3.33. The van der Waals surface area contributed by atoms with Crippen LogP contribution in [0.15, 0.2) is 18.2 Å². The minimum atomic E-state index is -3.33. The Labute approximate surface area is 168 Å². The second-order valence-electron chi connectivity index (χ2n) is 7.29. The summed E-state index contributed by atoms with van der Waals surface area (Å²) in [5.41, 5.74) is 3.17. The van der Waals surface area contributed by atoms with Crippen molar-refractivity contribution in [1.82, 2.24) is 9.80 Å². The molecule has 0 spiro atoms. The smallest absolute Gasteiger partial charge is 0.238 e. The lowest BCUT2D eigenvalue weighted by atomic mass is 10.0. The summed E-state index contributed by atoms with van der Waals surface area (Å²) in [6, 6.07) is 6.09. The predicted molar refractivity (Wildman–Crippen MR) is 111 cm³/mol. The van der Waals surface area contributed by atoms with Gasteiger partial charge in [0.15, 0.2) is 9.84 Å². The molecule has 7 nitrogen and oxygen atoms in total. The van der Waals surface area contributed by atoms with E-state index in [0.29, 0.717) is 32.6 Å². The van der Waals surface area contributed by atoms with Crippen LogP contribution in [0.3, 0.4) is 0 Å². The Morgan fingerprint density at radius 3 is 2.25 bits per heavy atom. The summed E-state index contributed by atoms with van der Waals surface area (Å²) in [4.78, 5) is 28.3. The lowest BCUT2D eigenvalue weighted by Crippen LogP contribution is -2.39. The molecule has 1 saturated heterocycles. The van der Waals surface area contributed by atoms with Gasteiger partial charge in [-0.05, 0) is 30.4 Å². The molecular formula is C20H31N3O4S. The molecule has 0 saturated carbocycles. The van der Waals surface area contributed by atoms with Gasteiger partial charge in [-0.2, -0.15) is 0 Å². The van der Waals surface area contributed by atoms with Crippen LogP contribution in [-0.4, -0.2) is 74.8 Å². The SMILES string of the molecule is CCc1cccc(CC)c1NC(=O)CN1CCCN(C(=O)CS(C)(=O)=O)CC1. The third kappa shape index (κ3) is 6.60. The number of anilines is 1. The first-order valence-corrected chi connectivity index (χ1v) is 11.9. The summed E-state index contributed by atoms with van der Waals surface area (Å²) < 4.78 is 22.7. The number of nitrogens with zero attached hydrogens (tertiary/aromatic N) is 2. The molecule has 0 aliphatic carbocycles. The molecule has 1 N–H and O–H groups in total. The number of carbonyl (C=O) groups is 2. The number of sulfone groups is 1. The average molecular weight is 410 g/mol. The van der Waals surface area contributed by atoms with Crippen LogP contribution in [0.5, 0.6) is 0 Å². The Morgan fingerprint density at radius 2 is 1.68 bits per heavy atom. The fourth-order valence-corrected chi connectivity index (χ4v) is 4.11. The number of amides is 2. The van der Waals surface area contributed by atoms with E-state index in [1.54, 1.807) is 4.90 Å². The van der Waals surface area contributed by atoms with Gasteiger partial charge < -0.3 is 10.2 Å². The Balaban J connectivity index is 1.94. The van der Waals surface area contributed by atoms with Gasteiger partial charge in [-0.3, -0.25) is 14.5 Å². The molecule has 156 valence electrons. The largest absolute Gasteiger partial charge is 0.340 e. The number of carbonyl (C=O) groups excluding carboxylic acids is 2. The van der Waals surface area contributed by atoms with Crippen molar-refractivity contribution < 1.29 is 18.0 Å². The normalized spacial score (nSPS) is 15.9. The van der Waals surface area contributed by atoms with E-state index in [1.165, 1.54) is 0 Å². The number of benzene rings is 1. The second-order valence-corrected chi connectivity index (χ2v) is 9.43. The molecule has 0 bridgehead atoms. The maximum Gasteiger partial charge on any atom is 0.238 e. The third-order valence-electron chi connectivity index (χ3n) is 4.96. The van der Waals surface area contributed by atoms with Gasteiger partial charge in [-0.1, -0.05) is 32.0 Å². The molecule has 1 aliphatic rings. The van der Waals surface area contributed by atoms with Crippen molar-refractivity contribution in [2.75, 3.05) is 50.0 Å². The van der Waals surface area contributed by atoms with E-state index in [2.05, 4.69) is 19.2 Å². The van der Waals surface area contributed by atoms with Crippen molar-refractivity contribution in [2.24, 2.45) is 0 Å². The third-order valence-corrected chi connectivity index (χ3v) is 5.73. The minimum Gasteiger partial charge on any atom is -0.340 e. The van der Waals surface area contributed by atoms with Gasteiger partial charge in [0.2, 0.25) is 11.8 Å². The van der Waals surface area contributed by atoms with Crippen LogP contribution in [0.1, 0.15) is 31.4 Å². The van der Waals surface area contributed by atoms with Crippen LogP contribution in [0.2, 0.25) is 0 Å². The topological polar surface area (TPSA) is 86.8 Å². The van der Waals surface area contributed by atoms with Crippen molar-refractivity contribution in [2.45, 2.75) is 33.1 Å². The first-order chi connectivity index (χ1) is 13.2. The highest BCUT2D eigenvalue weighted by molar-refractivity contribution is 7.91. The first kappa shape index (κ1) is 22.4. The summed E-state index contributed by atoms with van der Waals surface area (Å²) in [5.74, 6) is -0.883. The van der Waals surface area contributed by atoms with Crippen molar-refractivity contribution in [1.29, 1.82) is 0 Å². The summed E-state index contributed by atoms with van der Waals surface area (Å²) in [6.45, 7) is 6.61. The molecule has 0 radical (unpaired) electrons. The molecule has 2 amide bonds. The molecule has 1 fully saturated rings. The Hall–Kier alpha value is -1.93. The van der Waals surface area contributed by atoms with Crippen molar-refractivity contribution in [3.63, 3.8) is 0 Å². The highest BCUT2D eigenvalue weighted by atomic mass is 32.2. The number of rotatable bonds is 7. The van der Waals surface area contributed by atoms with Crippen LogP contribution in [-0.2, 0) is 32.3 Å². The fourth-order valence-electron chi connectivity index (χ4n) is 3.48.